The number of nitrogens with one attached hydrogen (secondary N) is 1. The second kappa shape index (κ2) is 7.18. The van der Waals surface area contributed by atoms with Gasteiger partial charge < -0.3 is 20.2 Å². The van der Waals surface area contributed by atoms with Crippen molar-refractivity contribution < 1.29 is 18.3 Å². The van der Waals surface area contributed by atoms with Crippen LogP contribution in [0.25, 0.3) is 11.6 Å². The van der Waals surface area contributed by atoms with E-state index in [9.17, 15) is 9.18 Å². The minimum absolute atomic E-state index is 0.0619. The van der Waals surface area contributed by atoms with Gasteiger partial charge in [0.2, 0.25) is 5.89 Å². The van der Waals surface area contributed by atoms with Crippen LogP contribution in [0.1, 0.15) is 21.7 Å². The molecule has 134 valence electrons. The molecular weight excluding hydrogens is 341 g/mol. The Labute approximate surface area is 148 Å². The molecule has 0 radical (unpaired) electrons. The standard InChI is InChI=1S/C17H16FN5O3/c1-9-13(17-20-6-7-26-17)23-15(19)14(22-9)16(24)21-8-10-11(18)4-3-5-12(10)25-2/h3-7H,8H2,1-2H3,(H2,19,23)(H,21,24). The molecule has 8 nitrogen and oxygen atoms in total. The first-order valence-electron chi connectivity index (χ1n) is 7.64. The first-order chi connectivity index (χ1) is 12.5. The van der Waals surface area contributed by atoms with Gasteiger partial charge in [0.05, 0.1) is 19.0 Å². The summed E-state index contributed by atoms with van der Waals surface area (Å²) >= 11 is 0. The fourth-order valence-electron chi connectivity index (χ4n) is 2.40. The third-order valence-electron chi connectivity index (χ3n) is 3.67. The number of aryl methyl sites for hydroxylation is 1. The lowest BCUT2D eigenvalue weighted by atomic mass is 10.2. The van der Waals surface area contributed by atoms with Crippen LogP contribution in [0.2, 0.25) is 0 Å². The van der Waals surface area contributed by atoms with Crippen molar-refractivity contribution in [2.24, 2.45) is 0 Å². The molecule has 0 fully saturated rings. The highest BCUT2D eigenvalue weighted by Crippen LogP contribution is 2.22. The molecule has 3 N–H and O–H groups in total. The molecule has 0 aliphatic carbocycles. The zero-order chi connectivity index (χ0) is 18.7. The van der Waals surface area contributed by atoms with Crippen molar-refractivity contribution in [2.75, 3.05) is 12.8 Å². The number of aromatic nitrogens is 3. The van der Waals surface area contributed by atoms with Crippen LogP contribution in [-0.2, 0) is 6.54 Å². The van der Waals surface area contributed by atoms with Gasteiger partial charge in [-0.3, -0.25) is 4.79 Å². The van der Waals surface area contributed by atoms with Gasteiger partial charge in [0.25, 0.3) is 5.91 Å². The monoisotopic (exact) mass is 357 g/mol. The average Bonchev–Trinajstić information content (AvgIpc) is 3.16. The van der Waals surface area contributed by atoms with Crippen LogP contribution in [-0.4, -0.2) is 28.0 Å². The summed E-state index contributed by atoms with van der Waals surface area (Å²) < 4.78 is 24.2. The van der Waals surface area contributed by atoms with Gasteiger partial charge in [0.1, 0.15) is 23.5 Å². The summed E-state index contributed by atoms with van der Waals surface area (Å²) in [4.78, 5) is 24.7. The maximum atomic E-state index is 13.9. The van der Waals surface area contributed by atoms with E-state index in [4.69, 9.17) is 14.9 Å². The van der Waals surface area contributed by atoms with Gasteiger partial charge in [-0.1, -0.05) is 6.07 Å². The number of anilines is 1. The zero-order valence-electron chi connectivity index (χ0n) is 14.1. The molecule has 0 aliphatic rings. The Hall–Kier alpha value is -3.49. The van der Waals surface area contributed by atoms with Crippen molar-refractivity contribution in [2.45, 2.75) is 13.5 Å². The van der Waals surface area contributed by atoms with E-state index in [1.54, 1.807) is 13.0 Å². The SMILES string of the molecule is COc1cccc(F)c1CNC(=O)c1nc(C)c(-c2ncco2)nc1N. The highest BCUT2D eigenvalue weighted by molar-refractivity contribution is 5.96. The van der Waals surface area contributed by atoms with E-state index in [1.807, 2.05) is 0 Å². The molecule has 9 heteroatoms. The van der Waals surface area contributed by atoms with Gasteiger partial charge in [-0.15, -0.1) is 0 Å². The number of benzene rings is 1. The number of amides is 1. The Kier molecular flexibility index (Phi) is 4.78. The number of ether oxygens (including phenoxy) is 1. The molecule has 0 bridgehead atoms. The molecule has 2 aromatic heterocycles. The lowest BCUT2D eigenvalue weighted by Gasteiger charge is -2.12. The normalized spacial score (nSPS) is 10.6. The summed E-state index contributed by atoms with van der Waals surface area (Å²) in [5.41, 5.74) is 6.79. The van der Waals surface area contributed by atoms with Crippen LogP contribution in [0.4, 0.5) is 10.2 Å². The number of carbonyl (C=O) groups is 1. The number of methoxy groups -OCH3 is 1. The number of carbonyl (C=O) groups excluding carboxylic acids is 1. The van der Waals surface area contributed by atoms with E-state index in [1.165, 1.54) is 31.7 Å². The van der Waals surface area contributed by atoms with Gasteiger partial charge in [-0.05, 0) is 19.1 Å². The molecule has 2 heterocycles. The molecule has 3 aromatic rings. The van der Waals surface area contributed by atoms with Crippen molar-refractivity contribution >= 4 is 11.7 Å². The minimum Gasteiger partial charge on any atom is -0.496 e. The zero-order valence-corrected chi connectivity index (χ0v) is 14.1. The fourth-order valence-corrected chi connectivity index (χ4v) is 2.40. The van der Waals surface area contributed by atoms with E-state index in [2.05, 4.69) is 20.3 Å². The third kappa shape index (κ3) is 3.32. The third-order valence-corrected chi connectivity index (χ3v) is 3.67. The fraction of sp³-hybridized carbons (Fsp3) is 0.176. The number of nitrogens with zero attached hydrogens (tertiary/aromatic N) is 3. The Morgan fingerprint density at radius 3 is 2.88 bits per heavy atom. The summed E-state index contributed by atoms with van der Waals surface area (Å²) in [5, 5.41) is 2.57. The second-order valence-corrected chi connectivity index (χ2v) is 5.33. The minimum atomic E-state index is -0.581. The molecule has 26 heavy (non-hydrogen) atoms. The predicted octanol–water partition coefficient (Wildman–Crippen LogP) is 2.10. The number of nitrogens with two attached hydrogens (primary N) is 1. The topological polar surface area (TPSA) is 116 Å². The van der Waals surface area contributed by atoms with Crippen LogP contribution in [0.3, 0.4) is 0 Å². The first-order valence-corrected chi connectivity index (χ1v) is 7.64. The Balaban J connectivity index is 1.82. The van der Waals surface area contributed by atoms with Crippen molar-refractivity contribution in [3.05, 3.63) is 53.4 Å². The molecule has 1 amide bonds. The van der Waals surface area contributed by atoms with Crippen molar-refractivity contribution in [1.29, 1.82) is 0 Å². The number of rotatable bonds is 5. The first kappa shape index (κ1) is 17.3. The summed E-state index contributed by atoms with van der Waals surface area (Å²) in [6, 6.07) is 4.41. The van der Waals surface area contributed by atoms with Crippen LogP contribution in [0, 0.1) is 12.7 Å². The largest absolute Gasteiger partial charge is 0.496 e. The van der Waals surface area contributed by atoms with Crippen molar-refractivity contribution in [3.63, 3.8) is 0 Å². The van der Waals surface area contributed by atoms with Gasteiger partial charge in [-0.25, -0.2) is 19.3 Å². The maximum absolute atomic E-state index is 13.9. The summed E-state index contributed by atoms with van der Waals surface area (Å²) in [5.74, 6) is -0.562. The van der Waals surface area contributed by atoms with Crippen molar-refractivity contribution in [1.82, 2.24) is 20.3 Å². The van der Waals surface area contributed by atoms with Crippen LogP contribution in [0.15, 0.2) is 35.1 Å². The summed E-state index contributed by atoms with van der Waals surface area (Å²) in [7, 11) is 1.42. The summed E-state index contributed by atoms with van der Waals surface area (Å²) in [6.45, 7) is 1.57. The molecule has 0 aliphatic heterocycles. The van der Waals surface area contributed by atoms with Gasteiger partial charge in [-0.2, -0.15) is 0 Å². The van der Waals surface area contributed by atoms with E-state index in [0.717, 1.165) is 0 Å². The molecule has 0 saturated heterocycles. The number of nitrogen functional groups attached to an aromatic ring is 1. The van der Waals surface area contributed by atoms with E-state index in [0.29, 0.717) is 17.1 Å². The van der Waals surface area contributed by atoms with E-state index in [-0.39, 0.29) is 29.5 Å². The van der Waals surface area contributed by atoms with Gasteiger partial charge in [0, 0.05) is 12.1 Å². The molecule has 0 saturated carbocycles. The van der Waals surface area contributed by atoms with Crippen molar-refractivity contribution in [3.8, 4) is 17.3 Å². The highest BCUT2D eigenvalue weighted by atomic mass is 19.1. The van der Waals surface area contributed by atoms with Gasteiger partial charge >= 0.3 is 0 Å². The number of hydrogen-bond acceptors (Lipinski definition) is 7. The number of hydrogen-bond donors (Lipinski definition) is 2. The molecule has 0 atom stereocenters. The van der Waals surface area contributed by atoms with Crippen LogP contribution < -0.4 is 15.8 Å². The van der Waals surface area contributed by atoms with E-state index < -0.39 is 11.7 Å². The average molecular weight is 357 g/mol. The smallest absolute Gasteiger partial charge is 0.274 e. The lowest BCUT2D eigenvalue weighted by molar-refractivity contribution is 0.0946. The molecule has 3 rings (SSSR count). The molecule has 0 spiro atoms. The predicted molar refractivity (Wildman–Crippen MR) is 90.8 cm³/mol. The van der Waals surface area contributed by atoms with Crippen LogP contribution >= 0.6 is 0 Å². The Morgan fingerprint density at radius 1 is 1.38 bits per heavy atom. The Bertz CT molecular complexity index is 944. The lowest BCUT2D eigenvalue weighted by Crippen LogP contribution is -2.26. The Morgan fingerprint density at radius 2 is 2.19 bits per heavy atom. The molecular formula is C17H16FN5O3. The summed E-state index contributed by atoms with van der Waals surface area (Å²) in [6.07, 6.45) is 2.87. The molecule has 0 unspecified atom stereocenters. The van der Waals surface area contributed by atoms with Gasteiger partial charge in [0.15, 0.2) is 11.5 Å². The maximum Gasteiger partial charge on any atom is 0.274 e. The second-order valence-electron chi connectivity index (χ2n) is 5.33. The van der Waals surface area contributed by atoms with E-state index >= 15 is 0 Å². The number of oxazole rings is 1. The molecule has 1 aromatic carbocycles. The highest BCUT2D eigenvalue weighted by Gasteiger charge is 2.19. The quantitative estimate of drug-likeness (QED) is 0.718. The number of halogens is 1. The van der Waals surface area contributed by atoms with Crippen LogP contribution in [0.5, 0.6) is 5.75 Å².